The Hall–Kier alpha value is -2.08. The van der Waals surface area contributed by atoms with Crippen molar-refractivity contribution in [1.82, 2.24) is 10.6 Å². The molecule has 0 aliphatic carbocycles. The van der Waals surface area contributed by atoms with E-state index in [9.17, 15) is 9.59 Å². The number of nitrogens with two attached hydrogens (primary N) is 1. The maximum atomic E-state index is 12.4. The summed E-state index contributed by atoms with van der Waals surface area (Å²) < 4.78 is 0. The number of para-hydroxylation sites is 1. The number of benzene rings is 1. The molecular weight excluding hydrogens is 292 g/mol. The smallest absolute Gasteiger partial charge is 0.319 e. The number of hydrogen-bond donors (Lipinski definition) is 4. The fourth-order valence-electron chi connectivity index (χ4n) is 2.06. The molecule has 1 rings (SSSR count). The first-order chi connectivity index (χ1) is 10.8. The van der Waals surface area contributed by atoms with Crippen molar-refractivity contribution in [2.45, 2.75) is 52.1 Å². The van der Waals surface area contributed by atoms with Crippen LogP contribution in [0.1, 0.15) is 50.9 Å². The average Bonchev–Trinajstić information content (AvgIpc) is 2.52. The maximum Gasteiger partial charge on any atom is 0.319 e. The van der Waals surface area contributed by atoms with Gasteiger partial charge < -0.3 is 21.7 Å². The third-order valence-corrected chi connectivity index (χ3v) is 3.85. The predicted octanol–water partition coefficient (Wildman–Crippen LogP) is 2.46. The minimum atomic E-state index is -0.410. The largest absolute Gasteiger partial charge is 0.350 e. The maximum absolute atomic E-state index is 12.4. The van der Waals surface area contributed by atoms with Crippen LogP contribution in [-0.2, 0) is 0 Å². The number of anilines is 1. The van der Waals surface area contributed by atoms with Crippen LogP contribution in [0.4, 0.5) is 10.5 Å². The molecule has 0 unspecified atom stereocenters. The van der Waals surface area contributed by atoms with Crippen LogP contribution in [-0.4, -0.2) is 30.1 Å². The van der Waals surface area contributed by atoms with Crippen molar-refractivity contribution in [3.05, 3.63) is 29.8 Å². The van der Waals surface area contributed by atoms with Crippen molar-refractivity contribution >= 4 is 17.6 Å². The molecular formula is C17H28N4O2. The summed E-state index contributed by atoms with van der Waals surface area (Å²) in [5.74, 6) is -0.248. The standard InChI is InChI=1S/C17H28N4O2/c1-5-17(18,6-2)11-19-15(22)13-9-7-8-10-14(13)21-16(23)20-12(3)4/h7-10,12H,5-6,11,18H2,1-4H3,(H,19,22)(H2,20,21,23). The Bertz CT molecular complexity index is 539. The molecule has 6 nitrogen and oxygen atoms in total. The highest BCUT2D eigenvalue weighted by Crippen LogP contribution is 2.16. The predicted molar refractivity (Wildman–Crippen MR) is 93.6 cm³/mol. The summed E-state index contributed by atoms with van der Waals surface area (Å²) in [6.07, 6.45) is 1.56. The van der Waals surface area contributed by atoms with Crippen molar-refractivity contribution in [3.8, 4) is 0 Å². The molecule has 5 N–H and O–H groups in total. The number of amides is 3. The molecule has 128 valence electrons. The van der Waals surface area contributed by atoms with E-state index in [2.05, 4.69) is 16.0 Å². The molecule has 0 fully saturated rings. The Morgan fingerprint density at radius 3 is 2.35 bits per heavy atom. The zero-order chi connectivity index (χ0) is 17.5. The van der Waals surface area contributed by atoms with E-state index in [1.54, 1.807) is 24.3 Å². The molecule has 0 heterocycles. The molecule has 0 saturated carbocycles. The van der Waals surface area contributed by atoms with Crippen LogP contribution in [0.25, 0.3) is 0 Å². The van der Waals surface area contributed by atoms with E-state index in [4.69, 9.17) is 5.73 Å². The average molecular weight is 320 g/mol. The molecule has 1 aromatic rings. The van der Waals surface area contributed by atoms with Crippen molar-refractivity contribution in [2.24, 2.45) is 5.73 Å². The van der Waals surface area contributed by atoms with Gasteiger partial charge >= 0.3 is 6.03 Å². The third kappa shape index (κ3) is 5.90. The molecule has 23 heavy (non-hydrogen) atoms. The van der Waals surface area contributed by atoms with E-state index in [0.717, 1.165) is 12.8 Å². The van der Waals surface area contributed by atoms with Gasteiger partial charge in [0.25, 0.3) is 5.91 Å². The first-order valence-corrected chi connectivity index (χ1v) is 8.05. The summed E-state index contributed by atoms with van der Waals surface area (Å²) in [7, 11) is 0. The molecule has 0 aromatic heterocycles. The second kappa shape index (κ2) is 8.53. The van der Waals surface area contributed by atoms with E-state index >= 15 is 0 Å². The number of carbonyl (C=O) groups is 2. The fourth-order valence-corrected chi connectivity index (χ4v) is 2.06. The van der Waals surface area contributed by atoms with Crippen molar-refractivity contribution < 1.29 is 9.59 Å². The van der Waals surface area contributed by atoms with Crippen LogP contribution in [0.2, 0.25) is 0 Å². The molecule has 0 spiro atoms. The van der Waals surface area contributed by atoms with Gasteiger partial charge in [-0.3, -0.25) is 4.79 Å². The zero-order valence-corrected chi connectivity index (χ0v) is 14.4. The lowest BCUT2D eigenvalue weighted by atomic mass is 9.94. The fraction of sp³-hybridized carbons (Fsp3) is 0.529. The SMILES string of the molecule is CCC(N)(CC)CNC(=O)c1ccccc1NC(=O)NC(C)C. The zero-order valence-electron chi connectivity index (χ0n) is 14.4. The Balaban J connectivity index is 2.80. The lowest BCUT2D eigenvalue weighted by Crippen LogP contribution is -2.49. The summed E-state index contributed by atoms with van der Waals surface area (Å²) in [6.45, 7) is 8.14. The summed E-state index contributed by atoms with van der Waals surface area (Å²) >= 11 is 0. The minimum absolute atomic E-state index is 0.0166. The first-order valence-electron chi connectivity index (χ1n) is 8.05. The van der Waals surface area contributed by atoms with Crippen LogP contribution >= 0.6 is 0 Å². The summed E-state index contributed by atoms with van der Waals surface area (Å²) in [4.78, 5) is 24.2. The number of hydrogen-bond acceptors (Lipinski definition) is 3. The van der Waals surface area contributed by atoms with Gasteiger partial charge in [0.1, 0.15) is 0 Å². The summed E-state index contributed by atoms with van der Waals surface area (Å²) in [6, 6.07) is 6.59. The molecule has 0 saturated heterocycles. The van der Waals surface area contributed by atoms with Crippen LogP contribution in [0, 0.1) is 0 Å². The summed E-state index contributed by atoms with van der Waals surface area (Å²) in [5.41, 5.74) is 6.68. The van der Waals surface area contributed by atoms with Gasteiger partial charge in [-0.25, -0.2) is 4.79 Å². The molecule has 0 radical (unpaired) electrons. The molecule has 0 aliphatic rings. The van der Waals surface area contributed by atoms with E-state index < -0.39 is 5.54 Å². The first kappa shape index (κ1) is 19.0. The third-order valence-electron chi connectivity index (χ3n) is 3.85. The van der Waals surface area contributed by atoms with Crippen molar-refractivity contribution in [2.75, 3.05) is 11.9 Å². The number of urea groups is 1. The Morgan fingerprint density at radius 1 is 1.17 bits per heavy atom. The highest BCUT2D eigenvalue weighted by atomic mass is 16.2. The highest BCUT2D eigenvalue weighted by molar-refractivity contribution is 6.03. The van der Waals surface area contributed by atoms with Gasteiger partial charge in [0.05, 0.1) is 11.3 Å². The highest BCUT2D eigenvalue weighted by Gasteiger charge is 2.22. The normalized spacial score (nSPS) is 11.2. The Morgan fingerprint density at radius 2 is 1.78 bits per heavy atom. The van der Waals surface area contributed by atoms with Gasteiger partial charge in [0.2, 0.25) is 0 Å². The Kier molecular flexibility index (Phi) is 7.03. The minimum Gasteiger partial charge on any atom is -0.350 e. The van der Waals surface area contributed by atoms with E-state index in [-0.39, 0.29) is 18.0 Å². The molecule has 0 bridgehead atoms. The van der Waals surface area contributed by atoms with Gasteiger partial charge in [-0.05, 0) is 38.8 Å². The molecule has 3 amide bonds. The van der Waals surface area contributed by atoms with Crippen molar-refractivity contribution in [1.29, 1.82) is 0 Å². The second-order valence-corrected chi connectivity index (χ2v) is 6.05. The second-order valence-electron chi connectivity index (χ2n) is 6.05. The van der Waals surface area contributed by atoms with Gasteiger partial charge in [0.15, 0.2) is 0 Å². The molecule has 0 aliphatic heterocycles. The monoisotopic (exact) mass is 320 g/mol. The van der Waals surface area contributed by atoms with Crippen molar-refractivity contribution in [3.63, 3.8) is 0 Å². The van der Waals surface area contributed by atoms with E-state index in [0.29, 0.717) is 17.8 Å². The quantitative estimate of drug-likeness (QED) is 0.621. The van der Waals surface area contributed by atoms with Crippen LogP contribution in [0.3, 0.4) is 0 Å². The van der Waals surface area contributed by atoms with Gasteiger partial charge in [0, 0.05) is 18.1 Å². The number of carbonyl (C=O) groups excluding carboxylic acids is 2. The number of rotatable bonds is 7. The molecule has 0 atom stereocenters. The number of nitrogens with one attached hydrogen (secondary N) is 3. The lowest BCUT2D eigenvalue weighted by Gasteiger charge is -2.27. The topological polar surface area (TPSA) is 96.2 Å². The van der Waals surface area contributed by atoms with Gasteiger partial charge in [-0.2, -0.15) is 0 Å². The Labute approximate surface area is 138 Å². The van der Waals surface area contributed by atoms with E-state index in [1.807, 2.05) is 27.7 Å². The van der Waals surface area contributed by atoms with Crippen LogP contribution in [0.15, 0.2) is 24.3 Å². The summed E-state index contributed by atoms with van der Waals surface area (Å²) in [5, 5.41) is 8.30. The van der Waals surface area contributed by atoms with Crippen LogP contribution < -0.4 is 21.7 Å². The van der Waals surface area contributed by atoms with Gasteiger partial charge in [-0.1, -0.05) is 26.0 Å². The molecule has 1 aromatic carbocycles. The van der Waals surface area contributed by atoms with Gasteiger partial charge in [-0.15, -0.1) is 0 Å². The van der Waals surface area contributed by atoms with Crippen LogP contribution in [0.5, 0.6) is 0 Å². The van der Waals surface area contributed by atoms with E-state index in [1.165, 1.54) is 0 Å². The lowest BCUT2D eigenvalue weighted by molar-refractivity contribution is 0.0943. The molecule has 6 heteroatoms.